The zero-order chi connectivity index (χ0) is 11.7. The van der Waals surface area contributed by atoms with Gasteiger partial charge in [-0.2, -0.15) is 0 Å². The number of rotatable bonds is 2. The Morgan fingerprint density at radius 2 is 2.19 bits per heavy atom. The number of fused-ring (bicyclic) bond motifs is 1. The summed E-state index contributed by atoms with van der Waals surface area (Å²) in [6, 6.07) is 3.51. The van der Waals surface area contributed by atoms with Gasteiger partial charge in [-0.25, -0.2) is 0 Å². The fourth-order valence-electron chi connectivity index (χ4n) is 1.84. The van der Waals surface area contributed by atoms with Gasteiger partial charge in [-0.15, -0.1) is 11.6 Å². The number of benzene rings is 1. The van der Waals surface area contributed by atoms with Gasteiger partial charge >= 0.3 is 0 Å². The lowest BCUT2D eigenvalue weighted by molar-refractivity contribution is 0.480. The molecule has 0 atom stereocenters. The van der Waals surface area contributed by atoms with Gasteiger partial charge in [0.05, 0.1) is 0 Å². The molecule has 1 heterocycles. The molecule has 0 aliphatic heterocycles. The Morgan fingerprint density at radius 1 is 1.44 bits per heavy atom. The number of halogens is 1. The summed E-state index contributed by atoms with van der Waals surface area (Å²) >= 11 is 5.75. The first-order valence-electron chi connectivity index (χ1n) is 5.06. The number of anilines is 1. The number of aromatic nitrogens is 1. The van der Waals surface area contributed by atoms with Gasteiger partial charge in [0.1, 0.15) is 11.3 Å². The maximum atomic E-state index is 9.76. The van der Waals surface area contributed by atoms with Gasteiger partial charge in [0.25, 0.3) is 0 Å². The van der Waals surface area contributed by atoms with Gasteiger partial charge in [-0.1, -0.05) is 0 Å². The largest absolute Gasteiger partial charge is 0.506 e. The van der Waals surface area contributed by atoms with E-state index in [1.54, 1.807) is 6.20 Å². The quantitative estimate of drug-likeness (QED) is 0.623. The normalized spacial score (nSPS) is 10.9. The summed E-state index contributed by atoms with van der Waals surface area (Å²) in [7, 11) is 0. The number of nitrogens with zero attached hydrogens (tertiary/aromatic N) is 1. The maximum absolute atomic E-state index is 9.76. The fourth-order valence-corrected chi connectivity index (χ4v) is 2.02. The van der Waals surface area contributed by atoms with Gasteiger partial charge in [-0.05, 0) is 30.5 Å². The van der Waals surface area contributed by atoms with Crippen molar-refractivity contribution < 1.29 is 5.11 Å². The third-order valence-corrected chi connectivity index (χ3v) is 2.77. The van der Waals surface area contributed by atoms with Crippen LogP contribution in [0.5, 0.6) is 5.75 Å². The molecule has 0 amide bonds. The molecule has 3 N–H and O–H groups in total. The van der Waals surface area contributed by atoms with Crippen LogP contribution in [0.3, 0.4) is 0 Å². The second kappa shape index (κ2) is 4.18. The molecular weight excluding hydrogens is 224 g/mol. The second-order valence-corrected chi connectivity index (χ2v) is 4.19. The highest BCUT2D eigenvalue weighted by Crippen LogP contribution is 2.31. The van der Waals surface area contributed by atoms with E-state index in [2.05, 4.69) is 4.98 Å². The highest BCUT2D eigenvalue weighted by atomic mass is 35.5. The van der Waals surface area contributed by atoms with Crippen molar-refractivity contribution in [3.63, 3.8) is 0 Å². The fraction of sp³-hybridized carbons (Fsp3) is 0.250. The van der Waals surface area contributed by atoms with E-state index in [1.165, 1.54) is 6.07 Å². The van der Waals surface area contributed by atoms with E-state index in [0.29, 0.717) is 23.5 Å². The standard InChI is InChI=1S/C12H13ClN2O/c1-7-4-9-8(2-3-13)10(14)5-11(16)12(9)15-6-7/h4-6,16H,2-3,14H2,1H3. The molecule has 4 heteroatoms. The van der Waals surface area contributed by atoms with E-state index in [4.69, 9.17) is 17.3 Å². The van der Waals surface area contributed by atoms with Crippen molar-refractivity contribution in [1.29, 1.82) is 0 Å². The van der Waals surface area contributed by atoms with Crippen LogP contribution in [0.15, 0.2) is 18.3 Å². The lowest BCUT2D eigenvalue weighted by Gasteiger charge is -2.10. The summed E-state index contributed by atoms with van der Waals surface area (Å²) in [5.74, 6) is 0.615. The molecule has 0 saturated heterocycles. The molecule has 2 rings (SSSR count). The Hall–Kier alpha value is -1.48. The van der Waals surface area contributed by atoms with Crippen LogP contribution in [0, 0.1) is 6.92 Å². The highest BCUT2D eigenvalue weighted by molar-refractivity contribution is 6.18. The number of pyridine rings is 1. The summed E-state index contributed by atoms with van der Waals surface area (Å²) in [5.41, 5.74) is 9.02. The number of hydrogen-bond donors (Lipinski definition) is 2. The molecule has 1 aromatic heterocycles. The van der Waals surface area contributed by atoms with Crippen LogP contribution in [0.25, 0.3) is 10.9 Å². The van der Waals surface area contributed by atoms with Crippen LogP contribution in [0.1, 0.15) is 11.1 Å². The molecule has 0 fully saturated rings. The van der Waals surface area contributed by atoms with Crippen LogP contribution < -0.4 is 5.73 Å². The first kappa shape index (κ1) is 11.0. The molecule has 0 unspecified atom stereocenters. The van der Waals surface area contributed by atoms with E-state index >= 15 is 0 Å². The Bertz CT molecular complexity index is 540. The Morgan fingerprint density at radius 3 is 2.88 bits per heavy atom. The number of nitrogens with two attached hydrogens (primary N) is 1. The topological polar surface area (TPSA) is 59.1 Å². The van der Waals surface area contributed by atoms with E-state index in [0.717, 1.165) is 16.5 Å². The number of hydrogen-bond acceptors (Lipinski definition) is 3. The molecule has 0 aliphatic rings. The van der Waals surface area contributed by atoms with Crippen molar-refractivity contribution in [3.05, 3.63) is 29.5 Å². The molecule has 0 saturated carbocycles. The predicted octanol–water partition coefficient (Wildman–Crippen LogP) is 2.61. The third-order valence-electron chi connectivity index (χ3n) is 2.58. The van der Waals surface area contributed by atoms with Crippen LogP contribution >= 0.6 is 11.6 Å². The molecule has 0 spiro atoms. The first-order valence-corrected chi connectivity index (χ1v) is 5.59. The molecule has 84 valence electrons. The summed E-state index contributed by atoms with van der Waals surface area (Å²) in [4.78, 5) is 4.22. The van der Waals surface area contributed by atoms with Crippen molar-refractivity contribution in [2.24, 2.45) is 0 Å². The average molecular weight is 237 g/mol. The number of phenols is 1. The van der Waals surface area contributed by atoms with Crippen molar-refractivity contribution in [2.75, 3.05) is 11.6 Å². The van der Waals surface area contributed by atoms with Crippen molar-refractivity contribution in [3.8, 4) is 5.75 Å². The number of phenolic OH excluding ortho intramolecular Hbond substituents is 1. The van der Waals surface area contributed by atoms with E-state index in [9.17, 15) is 5.11 Å². The summed E-state index contributed by atoms with van der Waals surface area (Å²) < 4.78 is 0. The van der Waals surface area contributed by atoms with E-state index < -0.39 is 0 Å². The van der Waals surface area contributed by atoms with Crippen LogP contribution in [0.4, 0.5) is 5.69 Å². The summed E-state index contributed by atoms with van der Waals surface area (Å²) in [5, 5.41) is 10.6. The molecule has 3 nitrogen and oxygen atoms in total. The minimum absolute atomic E-state index is 0.117. The summed E-state index contributed by atoms with van der Waals surface area (Å²) in [6.07, 6.45) is 2.40. The third kappa shape index (κ3) is 1.78. The van der Waals surface area contributed by atoms with Crippen LogP contribution in [-0.2, 0) is 6.42 Å². The van der Waals surface area contributed by atoms with E-state index in [1.807, 2.05) is 13.0 Å². The SMILES string of the molecule is Cc1cnc2c(O)cc(N)c(CCCl)c2c1. The monoisotopic (exact) mass is 236 g/mol. The zero-order valence-corrected chi connectivity index (χ0v) is 9.75. The molecule has 0 aliphatic carbocycles. The number of aromatic hydroxyl groups is 1. The first-order chi connectivity index (χ1) is 7.63. The zero-order valence-electron chi connectivity index (χ0n) is 9.00. The average Bonchev–Trinajstić information content (AvgIpc) is 2.23. The minimum Gasteiger partial charge on any atom is -0.506 e. The lowest BCUT2D eigenvalue weighted by atomic mass is 10.0. The Balaban J connectivity index is 2.80. The smallest absolute Gasteiger partial charge is 0.143 e. The number of nitrogen functional groups attached to an aromatic ring is 1. The Kier molecular flexibility index (Phi) is 2.88. The van der Waals surface area contributed by atoms with Gasteiger partial charge in [0.15, 0.2) is 0 Å². The molecule has 2 aromatic rings. The Labute approximate surface area is 98.9 Å². The summed E-state index contributed by atoms with van der Waals surface area (Å²) in [6.45, 7) is 1.96. The number of aryl methyl sites for hydroxylation is 2. The molecule has 0 radical (unpaired) electrons. The van der Waals surface area contributed by atoms with Gasteiger partial charge in [-0.3, -0.25) is 4.98 Å². The molecular formula is C12H13ClN2O. The van der Waals surface area contributed by atoms with Gasteiger partial charge < -0.3 is 10.8 Å². The highest BCUT2D eigenvalue weighted by Gasteiger charge is 2.10. The molecule has 1 aromatic carbocycles. The predicted molar refractivity (Wildman–Crippen MR) is 67.0 cm³/mol. The van der Waals surface area contributed by atoms with Crippen LogP contribution in [-0.4, -0.2) is 16.0 Å². The molecule has 16 heavy (non-hydrogen) atoms. The molecule has 0 bridgehead atoms. The second-order valence-electron chi connectivity index (χ2n) is 3.81. The van der Waals surface area contributed by atoms with Crippen molar-refractivity contribution in [1.82, 2.24) is 4.98 Å². The lowest BCUT2D eigenvalue weighted by Crippen LogP contribution is -1.98. The van der Waals surface area contributed by atoms with Gasteiger partial charge in [0, 0.05) is 29.2 Å². The maximum Gasteiger partial charge on any atom is 0.143 e. The van der Waals surface area contributed by atoms with Crippen molar-refractivity contribution in [2.45, 2.75) is 13.3 Å². The van der Waals surface area contributed by atoms with Crippen molar-refractivity contribution >= 4 is 28.2 Å². The van der Waals surface area contributed by atoms with E-state index in [-0.39, 0.29) is 5.75 Å². The minimum atomic E-state index is 0.117. The number of alkyl halides is 1. The van der Waals surface area contributed by atoms with Gasteiger partial charge in [0.2, 0.25) is 0 Å². The van der Waals surface area contributed by atoms with Crippen LogP contribution in [0.2, 0.25) is 0 Å².